The fraction of sp³-hybridized carbons (Fsp3) is 0.375. The van der Waals surface area contributed by atoms with Crippen molar-refractivity contribution in [3.05, 3.63) is 60.3 Å². The highest BCUT2D eigenvalue weighted by atomic mass is 32.2. The molecule has 0 aliphatic carbocycles. The monoisotopic (exact) mass is 486 g/mol. The second kappa shape index (κ2) is 11.0. The molecule has 3 aromatic rings. The molecule has 10 heteroatoms. The third kappa shape index (κ3) is 6.15. The summed E-state index contributed by atoms with van der Waals surface area (Å²) in [6.07, 6.45) is 2.62. The van der Waals surface area contributed by atoms with E-state index in [4.69, 9.17) is 4.74 Å². The van der Waals surface area contributed by atoms with Gasteiger partial charge in [-0.3, -0.25) is 4.79 Å². The number of aliphatic carboxylic acids is 1. The number of rotatable bonds is 11. The lowest BCUT2D eigenvalue weighted by Crippen LogP contribution is -2.43. The van der Waals surface area contributed by atoms with E-state index in [1.807, 2.05) is 18.2 Å². The number of hydrogen-bond donors (Lipinski definition) is 4. The highest BCUT2D eigenvalue weighted by Gasteiger charge is 2.26. The quantitative estimate of drug-likeness (QED) is 0.305. The molecule has 4 N–H and O–H groups in total. The molecule has 1 aliphatic rings. The molecule has 0 bridgehead atoms. The predicted octanol–water partition coefficient (Wildman–Crippen LogP) is 1.82. The Labute approximate surface area is 199 Å². The molecule has 4 rings (SSSR count). The number of fused-ring (bicyclic) bond motifs is 1. The number of nitrogens with zero attached hydrogens (tertiary/aromatic N) is 1. The Morgan fingerprint density at radius 2 is 1.91 bits per heavy atom. The van der Waals surface area contributed by atoms with Crippen molar-refractivity contribution >= 4 is 26.9 Å². The summed E-state index contributed by atoms with van der Waals surface area (Å²) in [5.41, 5.74) is 1.53. The molecule has 1 atom stereocenters. The van der Waals surface area contributed by atoms with Crippen LogP contribution in [0.25, 0.3) is 10.9 Å². The van der Waals surface area contributed by atoms with Crippen molar-refractivity contribution in [1.82, 2.24) is 19.9 Å². The van der Waals surface area contributed by atoms with Crippen molar-refractivity contribution in [2.75, 3.05) is 39.3 Å². The summed E-state index contributed by atoms with van der Waals surface area (Å²) in [7, 11) is -3.97. The number of piperazine rings is 1. The molecule has 0 radical (unpaired) electrons. The minimum atomic E-state index is -3.97. The number of aromatic amines is 1. The Bertz CT molecular complexity index is 1210. The molecule has 1 fully saturated rings. The van der Waals surface area contributed by atoms with Crippen molar-refractivity contribution < 1.29 is 23.1 Å². The van der Waals surface area contributed by atoms with E-state index >= 15 is 0 Å². The van der Waals surface area contributed by atoms with Gasteiger partial charge in [0.2, 0.25) is 10.0 Å². The minimum Gasteiger partial charge on any atom is -0.494 e. The van der Waals surface area contributed by atoms with Crippen LogP contribution in [0.15, 0.2) is 59.6 Å². The standard InChI is InChI=1S/C24H30N4O5S/c29-24(30)23(27-34(31,32)20-5-2-1-3-6-20)15-18-17-26-22-8-7-19(16-21(18)22)33-14-4-11-28-12-9-25-10-13-28/h1-3,5-8,16-17,23,25-27H,4,9-15H2,(H,29,30)/t23-/m0/s1. The van der Waals surface area contributed by atoms with Crippen LogP contribution in [0.2, 0.25) is 0 Å². The van der Waals surface area contributed by atoms with Gasteiger partial charge >= 0.3 is 5.97 Å². The number of aromatic nitrogens is 1. The number of H-pyrrole nitrogens is 1. The number of sulfonamides is 1. The topological polar surface area (TPSA) is 124 Å². The number of carboxylic acid groups (broad SMARTS) is 1. The van der Waals surface area contributed by atoms with E-state index in [1.54, 1.807) is 24.4 Å². The third-order valence-corrected chi connectivity index (χ3v) is 7.40. The zero-order valence-corrected chi connectivity index (χ0v) is 19.7. The summed E-state index contributed by atoms with van der Waals surface area (Å²) in [6.45, 7) is 5.72. The molecule has 0 amide bonds. The number of carboxylic acids is 1. The second-order valence-corrected chi connectivity index (χ2v) is 10.1. The van der Waals surface area contributed by atoms with E-state index < -0.39 is 22.0 Å². The molecule has 9 nitrogen and oxygen atoms in total. The number of benzene rings is 2. The molecule has 0 saturated carbocycles. The maximum atomic E-state index is 12.6. The average Bonchev–Trinajstić information content (AvgIpc) is 3.24. The Hall–Kier alpha value is -2.92. The van der Waals surface area contributed by atoms with Gasteiger partial charge in [0.25, 0.3) is 0 Å². The SMILES string of the molecule is O=C(O)[C@H](Cc1c[nH]c2ccc(OCCCN3CCNCC3)cc12)NS(=O)(=O)c1ccccc1. The molecule has 1 aromatic heterocycles. The molecular weight excluding hydrogens is 456 g/mol. The van der Waals surface area contributed by atoms with Gasteiger partial charge in [-0.15, -0.1) is 0 Å². The van der Waals surface area contributed by atoms with Gasteiger partial charge in [0.05, 0.1) is 11.5 Å². The van der Waals surface area contributed by atoms with E-state index in [2.05, 4.69) is 19.9 Å². The first-order chi connectivity index (χ1) is 16.4. The fourth-order valence-corrected chi connectivity index (χ4v) is 5.29. The van der Waals surface area contributed by atoms with E-state index in [-0.39, 0.29) is 11.3 Å². The lowest BCUT2D eigenvalue weighted by atomic mass is 10.1. The van der Waals surface area contributed by atoms with Crippen LogP contribution in [0.5, 0.6) is 5.75 Å². The van der Waals surface area contributed by atoms with Crippen molar-refractivity contribution in [1.29, 1.82) is 0 Å². The molecule has 0 spiro atoms. The fourth-order valence-electron chi connectivity index (χ4n) is 4.08. The zero-order chi connectivity index (χ0) is 24.0. The summed E-state index contributed by atoms with van der Waals surface area (Å²) >= 11 is 0. The molecule has 2 heterocycles. The Morgan fingerprint density at radius 1 is 1.15 bits per heavy atom. The Morgan fingerprint density at radius 3 is 2.65 bits per heavy atom. The number of ether oxygens (including phenoxy) is 1. The molecule has 182 valence electrons. The predicted molar refractivity (Wildman–Crippen MR) is 130 cm³/mol. The van der Waals surface area contributed by atoms with Crippen molar-refractivity contribution in [3.8, 4) is 5.75 Å². The van der Waals surface area contributed by atoms with E-state index in [0.29, 0.717) is 17.9 Å². The summed E-state index contributed by atoms with van der Waals surface area (Å²) in [4.78, 5) is 17.4. The Kier molecular flexibility index (Phi) is 7.84. The van der Waals surface area contributed by atoms with Crippen LogP contribution in [-0.2, 0) is 21.2 Å². The van der Waals surface area contributed by atoms with Crippen molar-refractivity contribution in [3.63, 3.8) is 0 Å². The maximum absolute atomic E-state index is 12.6. The highest BCUT2D eigenvalue weighted by molar-refractivity contribution is 7.89. The third-order valence-electron chi connectivity index (χ3n) is 5.91. The zero-order valence-electron chi connectivity index (χ0n) is 18.9. The van der Waals surface area contributed by atoms with Gasteiger partial charge in [-0.2, -0.15) is 4.72 Å². The largest absolute Gasteiger partial charge is 0.494 e. The van der Waals surface area contributed by atoms with Crippen LogP contribution in [0, 0.1) is 0 Å². The number of carbonyl (C=O) groups is 1. The van der Waals surface area contributed by atoms with Gasteiger partial charge in [0, 0.05) is 56.2 Å². The van der Waals surface area contributed by atoms with Crippen LogP contribution in [-0.4, -0.2) is 74.8 Å². The van der Waals surface area contributed by atoms with Gasteiger partial charge in [-0.05, 0) is 42.3 Å². The first kappa shape index (κ1) is 24.2. The molecule has 1 aliphatic heterocycles. The van der Waals surface area contributed by atoms with Crippen LogP contribution in [0.4, 0.5) is 0 Å². The van der Waals surface area contributed by atoms with Crippen LogP contribution in [0.3, 0.4) is 0 Å². The molecular formula is C24H30N4O5S. The lowest BCUT2D eigenvalue weighted by molar-refractivity contribution is -0.138. The van der Waals surface area contributed by atoms with Crippen molar-refractivity contribution in [2.24, 2.45) is 0 Å². The summed E-state index contributed by atoms with van der Waals surface area (Å²) in [5, 5.41) is 13.8. The lowest BCUT2D eigenvalue weighted by Gasteiger charge is -2.26. The maximum Gasteiger partial charge on any atom is 0.322 e. The van der Waals surface area contributed by atoms with E-state index in [0.717, 1.165) is 50.0 Å². The minimum absolute atomic E-state index is 0.00611. The number of nitrogens with one attached hydrogen (secondary N) is 3. The van der Waals surface area contributed by atoms with Gasteiger partial charge < -0.3 is 25.0 Å². The van der Waals surface area contributed by atoms with Gasteiger partial charge in [-0.1, -0.05) is 18.2 Å². The van der Waals surface area contributed by atoms with Crippen molar-refractivity contribution in [2.45, 2.75) is 23.8 Å². The summed E-state index contributed by atoms with van der Waals surface area (Å²) in [5.74, 6) is -0.542. The highest BCUT2D eigenvalue weighted by Crippen LogP contribution is 2.25. The molecule has 34 heavy (non-hydrogen) atoms. The number of hydrogen-bond acceptors (Lipinski definition) is 6. The van der Waals surface area contributed by atoms with Gasteiger partial charge in [0.1, 0.15) is 11.8 Å². The van der Waals surface area contributed by atoms with Crippen LogP contribution < -0.4 is 14.8 Å². The average molecular weight is 487 g/mol. The first-order valence-electron chi connectivity index (χ1n) is 11.4. The van der Waals surface area contributed by atoms with E-state index in [1.165, 1.54) is 12.1 Å². The van der Waals surface area contributed by atoms with Crippen LogP contribution in [0.1, 0.15) is 12.0 Å². The van der Waals surface area contributed by atoms with Gasteiger partial charge in [-0.25, -0.2) is 8.42 Å². The van der Waals surface area contributed by atoms with E-state index in [9.17, 15) is 18.3 Å². The molecule has 1 saturated heterocycles. The smallest absolute Gasteiger partial charge is 0.322 e. The summed E-state index contributed by atoms with van der Waals surface area (Å²) < 4.78 is 33.5. The normalized spacial score (nSPS) is 15.9. The second-order valence-electron chi connectivity index (χ2n) is 8.34. The Balaban J connectivity index is 1.41. The van der Waals surface area contributed by atoms with Crippen LogP contribution >= 0.6 is 0 Å². The van der Waals surface area contributed by atoms with Gasteiger partial charge in [0.15, 0.2) is 0 Å². The molecule has 2 aromatic carbocycles. The summed E-state index contributed by atoms with van der Waals surface area (Å²) in [6, 6.07) is 12.1. The molecule has 0 unspecified atom stereocenters. The first-order valence-corrected chi connectivity index (χ1v) is 12.9.